The summed E-state index contributed by atoms with van der Waals surface area (Å²) < 4.78 is 5.57. The Kier molecular flexibility index (Phi) is 5.31. The zero-order valence-electron chi connectivity index (χ0n) is 10.4. The van der Waals surface area contributed by atoms with Crippen LogP contribution in [0.2, 0.25) is 5.02 Å². The van der Waals surface area contributed by atoms with Crippen molar-refractivity contribution < 1.29 is 4.74 Å². The van der Waals surface area contributed by atoms with E-state index in [2.05, 4.69) is 6.07 Å². The lowest BCUT2D eigenvalue weighted by molar-refractivity contribution is 0.295. The van der Waals surface area contributed by atoms with E-state index in [0.717, 1.165) is 25.0 Å². The van der Waals surface area contributed by atoms with Crippen LogP contribution in [0.1, 0.15) is 33.1 Å². The Balaban J connectivity index is 2.17. The Bertz CT molecular complexity index is 378. The number of benzene rings is 1. The lowest BCUT2D eigenvalue weighted by Gasteiger charge is -2.14. The van der Waals surface area contributed by atoms with Crippen molar-refractivity contribution >= 4 is 11.6 Å². The predicted octanol–water partition coefficient (Wildman–Crippen LogP) is 4.44. The molecule has 0 aliphatic heterocycles. The van der Waals surface area contributed by atoms with Crippen LogP contribution in [0.4, 0.5) is 0 Å². The van der Waals surface area contributed by atoms with Crippen LogP contribution < -0.4 is 4.74 Å². The number of nitriles is 1. The second-order valence-corrected chi connectivity index (χ2v) is 5.19. The van der Waals surface area contributed by atoms with E-state index < -0.39 is 0 Å². The second kappa shape index (κ2) is 6.51. The predicted molar refractivity (Wildman–Crippen MR) is 70.2 cm³/mol. The maximum atomic E-state index is 8.86. The van der Waals surface area contributed by atoms with Gasteiger partial charge in [0.15, 0.2) is 0 Å². The van der Waals surface area contributed by atoms with Crippen LogP contribution in [-0.4, -0.2) is 6.61 Å². The van der Waals surface area contributed by atoms with Crippen LogP contribution in [0, 0.1) is 16.7 Å². The summed E-state index contributed by atoms with van der Waals surface area (Å²) in [5.74, 6) is 0.842. The van der Waals surface area contributed by atoms with Gasteiger partial charge in [-0.15, -0.1) is 0 Å². The molecule has 0 aromatic heterocycles. The Morgan fingerprint density at radius 1 is 1.24 bits per heavy atom. The van der Waals surface area contributed by atoms with E-state index in [4.69, 9.17) is 21.6 Å². The standard InChI is InChI=1S/C14H18ClNO/c1-14(2,11-16)9-3-4-10-17-13-7-5-12(15)6-8-13/h5-8H,3-4,9-10H2,1-2H3. The first-order valence-corrected chi connectivity index (χ1v) is 6.21. The molecular formula is C14H18ClNO. The Morgan fingerprint density at radius 3 is 2.47 bits per heavy atom. The molecule has 0 N–H and O–H groups in total. The molecule has 17 heavy (non-hydrogen) atoms. The van der Waals surface area contributed by atoms with Crippen molar-refractivity contribution in [3.05, 3.63) is 29.3 Å². The van der Waals surface area contributed by atoms with E-state index in [9.17, 15) is 0 Å². The van der Waals surface area contributed by atoms with E-state index in [-0.39, 0.29) is 5.41 Å². The van der Waals surface area contributed by atoms with Crippen molar-refractivity contribution in [3.63, 3.8) is 0 Å². The van der Waals surface area contributed by atoms with E-state index >= 15 is 0 Å². The third-order valence-corrected chi connectivity index (χ3v) is 2.83. The molecule has 0 radical (unpaired) electrons. The van der Waals surface area contributed by atoms with Gasteiger partial charge in [0.25, 0.3) is 0 Å². The Morgan fingerprint density at radius 2 is 1.88 bits per heavy atom. The third kappa shape index (κ3) is 5.60. The number of unbranched alkanes of at least 4 members (excludes halogenated alkanes) is 1. The van der Waals surface area contributed by atoms with E-state index in [0.29, 0.717) is 11.6 Å². The van der Waals surface area contributed by atoms with Gasteiger partial charge in [-0.25, -0.2) is 0 Å². The van der Waals surface area contributed by atoms with Crippen LogP contribution in [0.3, 0.4) is 0 Å². The summed E-state index contributed by atoms with van der Waals surface area (Å²) in [4.78, 5) is 0. The van der Waals surface area contributed by atoms with Crippen LogP contribution in [-0.2, 0) is 0 Å². The maximum absolute atomic E-state index is 8.86. The van der Waals surface area contributed by atoms with Gasteiger partial charge in [0.2, 0.25) is 0 Å². The molecule has 92 valence electrons. The van der Waals surface area contributed by atoms with E-state index in [1.807, 2.05) is 38.1 Å². The fourth-order valence-corrected chi connectivity index (χ4v) is 1.57. The molecule has 0 aliphatic rings. The molecule has 0 saturated heterocycles. The first-order chi connectivity index (χ1) is 8.03. The van der Waals surface area contributed by atoms with Crippen LogP contribution >= 0.6 is 11.6 Å². The van der Waals surface area contributed by atoms with E-state index in [1.54, 1.807) is 0 Å². The largest absolute Gasteiger partial charge is 0.494 e. The summed E-state index contributed by atoms with van der Waals surface area (Å²) >= 11 is 5.78. The number of rotatable bonds is 6. The average molecular weight is 252 g/mol. The van der Waals surface area contributed by atoms with Crippen molar-refractivity contribution in [2.24, 2.45) is 5.41 Å². The van der Waals surface area contributed by atoms with Crippen molar-refractivity contribution in [1.29, 1.82) is 5.26 Å². The number of nitrogens with zero attached hydrogens (tertiary/aromatic N) is 1. The summed E-state index contributed by atoms with van der Waals surface area (Å²) in [6, 6.07) is 9.66. The summed E-state index contributed by atoms with van der Waals surface area (Å²) in [6.45, 7) is 4.61. The molecule has 0 amide bonds. The Hall–Kier alpha value is -1.20. The molecule has 0 fully saturated rings. The van der Waals surface area contributed by atoms with Gasteiger partial charge in [-0.3, -0.25) is 0 Å². The van der Waals surface area contributed by atoms with Crippen molar-refractivity contribution in [1.82, 2.24) is 0 Å². The maximum Gasteiger partial charge on any atom is 0.119 e. The minimum absolute atomic E-state index is 0.222. The molecule has 0 atom stereocenters. The monoisotopic (exact) mass is 251 g/mol. The second-order valence-electron chi connectivity index (χ2n) is 4.76. The lowest BCUT2D eigenvalue weighted by atomic mass is 9.89. The summed E-state index contributed by atoms with van der Waals surface area (Å²) in [5, 5.41) is 9.58. The lowest BCUT2D eigenvalue weighted by Crippen LogP contribution is -2.08. The smallest absolute Gasteiger partial charge is 0.119 e. The summed E-state index contributed by atoms with van der Waals surface area (Å²) in [6.07, 6.45) is 2.88. The minimum atomic E-state index is -0.222. The molecule has 0 aliphatic carbocycles. The average Bonchev–Trinajstić information content (AvgIpc) is 2.31. The SMILES string of the molecule is CC(C)(C#N)CCCCOc1ccc(Cl)cc1. The van der Waals surface area contributed by atoms with Crippen molar-refractivity contribution in [2.45, 2.75) is 33.1 Å². The number of hydrogen-bond donors (Lipinski definition) is 0. The van der Waals surface area contributed by atoms with Gasteiger partial charge in [-0.05, 0) is 57.4 Å². The normalized spacial score (nSPS) is 10.9. The highest BCUT2D eigenvalue weighted by atomic mass is 35.5. The minimum Gasteiger partial charge on any atom is -0.494 e. The molecule has 0 spiro atoms. The van der Waals surface area contributed by atoms with Gasteiger partial charge in [-0.2, -0.15) is 5.26 Å². The number of ether oxygens (including phenoxy) is 1. The molecular weight excluding hydrogens is 234 g/mol. The molecule has 0 unspecified atom stereocenters. The Labute approximate surface area is 108 Å². The van der Waals surface area contributed by atoms with Gasteiger partial charge in [0.1, 0.15) is 5.75 Å². The van der Waals surface area contributed by atoms with Crippen LogP contribution in [0.15, 0.2) is 24.3 Å². The zero-order valence-corrected chi connectivity index (χ0v) is 11.1. The first-order valence-electron chi connectivity index (χ1n) is 5.83. The van der Waals surface area contributed by atoms with Gasteiger partial charge in [0, 0.05) is 5.02 Å². The molecule has 1 aromatic rings. The molecule has 3 heteroatoms. The fourth-order valence-electron chi connectivity index (χ4n) is 1.45. The van der Waals surface area contributed by atoms with Crippen LogP contribution in [0.5, 0.6) is 5.75 Å². The fraction of sp³-hybridized carbons (Fsp3) is 0.500. The van der Waals surface area contributed by atoms with Crippen molar-refractivity contribution in [3.8, 4) is 11.8 Å². The van der Waals surface area contributed by atoms with Crippen molar-refractivity contribution in [2.75, 3.05) is 6.61 Å². The molecule has 2 nitrogen and oxygen atoms in total. The number of hydrogen-bond acceptors (Lipinski definition) is 2. The highest BCUT2D eigenvalue weighted by Gasteiger charge is 2.15. The van der Waals surface area contributed by atoms with Gasteiger partial charge in [0.05, 0.1) is 18.1 Å². The summed E-state index contributed by atoms with van der Waals surface area (Å²) in [7, 11) is 0. The zero-order chi connectivity index (χ0) is 12.7. The van der Waals surface area contributed by atoms with Gasteiger partial charge >= 0.3 is 0 Å². The number of halogens is 1. The molecule has 1 rings (SSSR count). The quantitative estimate of drug-likeness (QED) is 0.701. The summed E-state index contributed by atoms with van der Waals surface area (Å²) in [5.41, 5.74) is -0.222. The van der Waals surface area contributed by atoms with Crippen LogP contribution in [0.25, 0.3) is 0 Å². The van der Waals surface area contributed by atoms with Gasteiger partial charge < -0.3 is 4.74 Å². The highest BCUT2D eigenvalue weighted by molar-refractivity contribution is 6.30. The molecule has 0 heterocycles. The molecule has 1 aromatic carbocycles. The highest BCUT2D eigenvalue weighted by Crippen LogP contribution is 2.22. The third-order valence-electron chi connectivity index (χ3n) is 2.58. The first kappa shape index (κ1) is 13.9. The molecule has 0 saturated carbocycles. The van der Waals surface area contributed by atoms with E-state index in [1.165, 1.54) is 0 Å². The topological polar surface area (TPSA) is 33.0 Å². The van der Waals surface area contributed by atoms with Gasteiger partial charge in [-0.1, -0.05) is 11.6 Å². The molecule has 0 bridgehead atoms.